The Labute approximate surface area is 119 Å². The zero-order valence-corrected chi connectivity index (χ0v) is 12.7. The molecule has 3 fully saturated rings. The topological polar surface area (TPSA) is 15.3 Å². The van der Waals surface area contributed by atoms with Gasteiger partial charge in [-0.15, -0.1) is 0 Å². The van der Waals surface area contributed by atoms with Crippen LogP contribution in [0.3, 0.4) is 0 Å². The summed E-state index contributed by atoms with van der Waals surface area (Å²) in [4.78, 5) is 2.86. The van der Waals surface area contributed by atoms with Crippen LogP contribution in [0.25, 0.3) is 0 Å². The normalized spacial score (nSPS) is 41.5. The summed E-state index contributed by atoms with van der Waals surface area (Å²) in [5.41, 5.74) is 0. The Morgan fingerprint density at radius 3 is 2.53 bits per heavy atom. The lowest BCUT2D eigenvalue weighted by Crippen LogP contribution is -2.48. The Morgan fingerprint density at radius 2 is 1.84 bits per heavy atom. The fourth-order valence-corrected chi connectivity index (χ4v) is 4.73. The molecular weight excluding hydrogens is 232 g/mol. The zero-order valence-electron chi connectivity index (χ0n) is 12.7. The molecule has 0 spiro atoms. The number of piperidine rings is 1. The van der Waals surface area contributed by atoms with Crippen molar-refractivity contribution >= 4 is 0 Å². The maximum absolute atomic E-state index is 3.74. The predicted molar refractivity (Wildman–Crippen MR) is 81.4 cm³/mol. The fraction of sp³-hybridized carbons (Fsp3) is 1.00. The van der Waals surface area contributed by atoms with Gasteiger partial charge in [-0.2, -0.15) is 0 Å². The number of nitrogens with zero attached hydrogens (tertiary/aromatic N) is 1. The van der Waals surface area contributed by atoms with E-state index < -0.39 is 0 Å². The Bertz CT molecular complexity index is 264. The Hall–Kier alpha value is -0.0800. The highest BCUT2D eigenvalue weighted by atomic mass is 15.2. The van der Waals surface area contributed by atoms with Crippen LogP contribution < -0.4 is 5.32 Å². The number of hydrogen-bond donors (Lipinski definition) is 1. The molecule has 0 aromatic heterocycles. The van der Waals surface area contributed by atoms with Crippen LogP contribution in [0.1, 0.15) is 64.7 Å². The highest BCUT2D eigenvalue weighted by Gasteiger charge is 2.33. The van der Waals surface area contributed by atoms with Crippen molar-refractivity contribution in [2.45, 2.75) is 76.8 Å². The van der Waals surface area contributed by atoms with Crippen molar-refractivity contribution in [3.8, 4) is 0 Å². The zero-order chi connectivity index (χ0) is 13.1. The quantitative estimate of drug-likeness (QED) is 0.840. The van der Waals surface area contributed by atoms with E-state index in [0.29, 0.717) is 0 Å². The van der Waals surface area contributed by atoms with Crippen molar-refractivity contribution in [3.05, 3.63) is 0 Å². The molecule has 110 valence electrons. The van der Waals surface area contributed by atoms with Gasteiger partial charge in [0.25, 0.3) is 0 Å². The van der Waals surface area contributed by atoms with Crippen molar-refractivity contribution in [1.82, 2.24) is 10.2 Å². The highest BCUT2D eigenvalue weighted by Crippen LogP contribution is 2.33. The van der Waals surface area contributed by atoms with E-state index in [1.807, 2.05) is 0 Å². The first-order valence-electron chi connectivity index (χ1n) is 8.84. The minimum Gasteiger partial charge on any atom is -0.314 e. The first kappa shape index (κ1) is 13.9. The van der Waals surface area contributed by atoms with Crippen LogP contribution in [0.2, 0.25) is 0 Å². The average Bonchev–Trinajstić information content (AvgIpc) is 3.02. The van der Waals surface area contributed by atoms with Gasteiger partial charge in [-0.3, -0.25) is 0 Å². The van der Waals surface area contributed by atoms with Crippen molar-refractivity contribution in [3.63, 3.8) is 0 Å². The van der Waals surface area contributed by atoms with E-state index >= 15 is 0 Å². The lowest BCUT2D eigenvalue weighted by molar-refractivity contribution is 0.0761. The third-order valence-electron chi connectivity index (χ3n) is 6.07. The maximum atomic E-state index is 3.74. The van der Waals surface area contributed by atoms with E-state index in [0.717, 1.165) is 23.9 Å². The van der Waals surface area contributed by atoms with Crippen molar-refractivity contribution < 1.29 is 0 Å². The SMILES string of the molecule is CCC1CCC(N2CCCC(C3CCCN3)C2)CC1. The number of rotatable bonds is 3. The smallest absolute Gasteiger partial charge is 0.0108 e. The van der Waals surface area contributed by atoms with E-state index in [2.05, 4.69) is 17.1 Å². The van der Waals surface area contributed by atoms with Gasteiger partial charge in [0.15, 0.2) is 0 Å². The van der Waals surface area contributed by atoms with Crippen molar-refractivity contribution in [1.29, 1.82) is 0 Å². The molecular formula is C17H32N2. The van der Waals surface area contributed by atoms with Gasteiger partial charge in [0.1, 0.15) is 0 Å². The Kier molecular flexibility index (Phi) is 4.81. The molecule has 2 saturated heterocycles. The second-order valence-electron chi connectivity index (χ2n) is 7.18. The Balaban J connectivity index is 1.50. The van der Waals surface area contributed by atoms with Crippen LogP contribution in [0.4, 0.5) is 0 Å². The maximum Gasteiger partial charge on any atom is 0.0108 e. The van der Waals surface area contributed by atoms with Crippen LogP contribution in [0, 0.1) is 11.8 Å². The van der Waals surface area contributed by atoms with Gasteiger partial charge < -0.3 is 10.2 Å². The van der Waals surface area contributed by atoms with Gasteiger partial charge >= 0.3 is 0 Å². The second-order valence-corrected chi connectivity index (χ2v) is 7.18. The van der Waals surface area contributed by atoms with Gasteiger partial charge in [-0.05, 0) is 76.3 Å². The third-order valence-corrected chi connectivity index (χ3v) is 6.07. The molecule has 19 heavy (non-hydrogen) atoms. The first-order chi connectivity index (χ1) is 9.36. The largest absolute Gasteiger partial charge is 0.314 e. The summed E-state index contributed by atoms with van der Waals surface area (Å²) in [7, 11) is 0. The van der Waals surface area contributed by atoms with Crippen LogP contribution in [-0.4, -0.2) is 36.6 Å². The van der Waals surface area contributed by atoms with Crippen LogP contribution in [-0.2, 0) is 0 Å². The van der Waals surface area contributed by atoms with Gasteiger partial charge in [-0.1, -0.05) is 13.3 Å². The molecule has 0 amide bonds. The molecule has 2 atom stereocenters. The summed E-state index contributed by atoms with van der Waals surface area (Å²) < 4.78 is 0. The van der Waals surface area contributed by atoms with E-state index in [1.165, 1.54) is 77.4 Å². The molecule has 3 aliphatic rings. The van der Waals surface area contributed by atoms with Gasteiger partial charge in [0, 0.05) is 18.6 Å². The molecule has 1 aliphatic carbocycles. The molecule has 1 N–H and O–H groups in total. The second kappa shape index (κ2) is 6.58. The molecule has 2 nitrogen and oxygen atoms in total. The molecule has 2 heterocycles. The molecule has 1 saturated carbocycles. The summed E-state index contributed by atoms with van der Waals surface area (Å²) in [5.74, 6) is 1.98. The lowest BCUT2D eigenvalue weighted by Gasteiger charge is -2.42. The van der Waals surface area contributed by atoms with Crippen molar-refractivity contribution in [2.75, 3.05) is 19.6 Å². The lowest BCUT2D eigenvalue weighted by atomic mass is 9.82. The summed E-state index contributed by atoms with van der Waals surface area (Å²) in [5, 5.41) is 3.74. The summed E-state index contributed by atoms with van der Waals surface area (Å²) in [6, 6.07) is 1.77. The van der Waals surface area contributed by atoms with Gasteiger partial charge in [0.2, 0.25) is 0 Å². The number of likely N-dealkylation sites (tertiary alicyclic amines) is 1. The minimum absolute atomic E-state index is 0.842. The average molecular weight is 264 g/mol. The molecule has 0 radical (unpaired) electrons. The standard InChI is InChI=1S/C17H32N2/c1-2-14-7-9-16(10-8-14)19-12-4-5-15(13-19)17-6-3-11-18-17/h14-18H,2-13H2,1H3. The monoisotopic (exact) mass is 264 g/mol. The van der Waals surface area contributed by atoms with E-state index in [-0.39, 0.29) is 0 Å². The molecule has 2 aliphatic heterocycles. The highest BCUT2D eigenvalue weighted by molar-refractivity contribution is 4.89. The molecule has 0 bridgehead atoms. The van der Waals surface area contributed by atoms with E-state index in [4.69, 9.17) is 0 Å². The van der Waals surface area contributed by atoms with Gasteiger partial charge in [0.05, 0.1) is 0 Å². The predicted octanol–water partition coefficient (Wildman–Crippen LogP) is 3.42. The first-order valence-corrected chi connectivity index (χ1v) is 8.84. The van der Waals surface area contributed by atoms with Crippen LogP contribution in [0.15, 0.2) is 0 Å². The summed E-state index contributed by atoms with van der Waals surface area (Å²) in [6.07, 6.45) is 13.1. The van der Waals surface area contributed by atoms with Crippen molar-refractivity contribution in [2.24, 2.45) is 11.8 Å². The number of nitrogens with one attached hydrogen (secondary N) is 1. The van der Waals surface area contributed by atoms with E-state index in [9.17, 15) is 0 Å². The molecule has 2 heteroatoms. The Morgan fingerprint density at radius 1 is 1.00 bits per heavy atom. The minimum atomic E-state index is 0.842. The van der Waals surface area contributed by atoms with Crippen LogP contribution in [0.5, 0.6) is 0 Å². The number of hydrogen-bond acceptors (Lipinski definition) is 2. The molecule has 2 unspecified atom stereocenters. The van der Waals surface area contributed by atoms with Crippen LogP contribution >= 0.6 is 0 Å². The fourth-order valence-electron chi connectivity index (χ4n) is 4.73. The van der Waals surface area contributed by atoms with Gasteiger partial charge in [-0.25, -0.2) is 0 Å². The molecule has 3 rings (SSSR count). The summed E-state index contributed by atoms with van der Waals surface area (Å²) >= 11 is 0. The third kappa shape index (κ3) is 3.33. The molecule has 0 aromatic rings. The van der Waals surface area contributed by atoms with E-state index in [1.54, 1.807) is 0 Å². The molecule has 0 aromatic carbocycles. The summed E-state index contributed by atoms with van der Waals surface area (Å²) in [6.45, 7) is 6.40.